The summed E-state index contributed by atoms with van der Waals surface area (Å²) in [5, 5.41) is 0. The molecule has 0 saturated carbocycles. The van der Waals surface area contributed by atoms with E-state index in [-0.39, 0.29) is 6.54 Å². The van der Waals surface area contributed by atoms with Gasteiger partial charge in [0.05, 0.1) is 0 Å². The summed E-state index contributed by atoms with van der Waals surface area (Å²) in [6.07, 6.45) is 0.425. The molecule has 0 spiro atoms. The molecule has 0 heterocycles. The molecule has 7 N–H and O–H groups in total. The van der Waals surface area contributed by atoms with Crippen LogP contribution in [0.4, 0.5) is 0 Å². The summed E-state index contributed by atoms with van der Waals surface area (Å²) in [4.78, 5) is 26.7. The van der Waals surface area contributed by atoms with E-state index in [1.54, 1.807) is 6.92 Å². The van der Waals surface area contributed by atoms with Crippen molar-refractivity contribution >= 4 is 8.80 Å². The van der Waals surface area contributed by atoms with E-state index in [0.29, 0.717) is 6.42 Å². The lowest BCUT2D eigenvalue weighted by Crippen LogP contribution is -2.50. The monoisotopic (exact) mass is 180 g/mol. The first-order valence-corrected chi connectivity index (χ1v) is 5.48. The summed E-state index contributed by atoms with van der Waals surface area (Å²) in [6, 6.07) is -0.535. The Morgan fingerprint density at radius 2 is 1.82 bits per heavy atom. The van der Waals surface area contributed by atoms with Crippen molar-refractivity contribution in [3.63, 3.8) is 0 Å². The summed E-state index contributed by atoms with van der Waals surface area (Å²) in [6.45, 7) is 1.87. The lowest BCUT2D eigenvalue weighted by Gasteiger charge is -2.25. The van der Waals surface area contributed by atoms with E-state index in [2.05, 4.69) is 0 Å². The van der Waals surface area contributed by atoms with Gasteiger partial charge in [0.25, 0.3) is 0 Å². The summed E-state index contributed by atoms with van der Waals surface area (Å²) in [5.74, 6) is 0. The Morgan fingerprint density at radius 3 is 1.91 bits per heavy atom. The van der Waals surface area contributed by atoms with Gasteiger partial charge < -0.3 is 25.9 Å². The lowest BCUT2D eigenvalue weighted by atomic mass is 10.2. The molecule has 0 bridgehead atoms. The van der Waals surface area contributed by atoms with Crippen molar-refractivity contribution < 1.29 is 14.4 Å². The molecule has 68 valence electrons. The van der Waals surface area contributed by atoms with Gasteiger partial charge in [-0.25, -0.2) is 0 Å². The van der Waals surface area contributed by atoms with Crippen molar-refractivity contribution in [2.75, 3.05) is 6.54 Å². The van der Waals surface area contributed by atoms with Gasteiger partial charge in [-0.1, -0.05) is 6.92 Å². The van der Waals surface area contributed by atoms with Crippen molar-refractivity contribution in [1.82, 2.24) is 0 Å². The molecule has 2 unspecified atom stereocenters. The summed E-state index contributed by atoms with van der Waals surface area (Å²) in [5.41, 5.74) is 9.99. The summed E-state index contributed by atoms with van der Waals surface area (Å²) in [7, 11) is -4.08. The molecule has 0 aliphatic rings. The van der Waals surface area contributed by atoms with E-state index in [4.69, 9.17) is 25.9 Å². The highest BCUT2D eigenvalue weighted by molar-refractivity contribution is 6.58. The number of nitrogens with two attached hydrogens (primary N) is 2. The van der Waals surface area contributed by atoms with Crippen LogP contribution in [0.3, 0.4) is 0 Å². The molecule has 0 saturated heterocycles. The van der Waals surface area contributed by atoms with Gasteiger partial charge >= 0.3 is 8.80 Å². The molecular weight excluding hydrogens is 164 g/mol. The SMILES string of the molecule is CCC(C(N)CN)[Si](O)(O)O. The molecular formula is C5H16N2O3Si. The first-order chi connectivity index (χ1) is 4.93. The maximum absolute atomic E-state index is 8.89. The van der Waals surface area contributed by atoms with E-state index in [1.807, 2.05) is 0 Å². The minimum absolute atomic E-state index is 0.148. The van der Waals surface area contributed by atoms with Crippen LogP contribution in [0.1, 0.15) is 13.3 Å². The van der Waals surface area contributed by atoms with Crippen LogP contribution in [-0.2, 0) is 0 Å². The number of hydrogen-bond donors (Lipinski definition) is 5. The van der Waals surface area contributed by atoms with Gasteiger partial charge in [-0.05, 0) is 6.42 Å². The topological polar surface area (TPSA) is 113 Å². The molecule has 0 aromatic carbocycles. The Balaban J connectivity index is 4.16. The van der Waals surface area contributed by atoms with Crippen molar-refractivity contribution in [2.45, 2.75) is 24.9 Å². The zero-order valence-corrected chi connectivity index (χ0v) is 7.57. The maximum Gasteiger partial charge on any atom is 0.497 e. The van der Waals surface area contributed by atoms with Gasteiger partial charge in [0.15, 0.2) is 0 Å². The largest absolute Gasteiger partial charge is 0.497 e. The van der Waals surface area contributed by atoms with Crippen LogP contribution in [0, 0.1) is 0 Å². The molecule has 0 fully saturated rings. The van der Waals surface area contributed by atoms with Gasteiger partial charge in [-0.2, -0.15) is 0 Å². The van der Waals surface area contributed by atoms with Crippen molar-refractivity contribution in [3.05, 3.63) is 0 Å². The number of hydrogen-bond acceptors (Lipinski definition) is 5. The second kappa shape index (κ2) is 4.15. The van der Waals surface area contributed by atoms with Gasteiger partial charge in [0, 0.05) is 18.1 Å². The smallest absolute Gasteiger partial charge is 0.390 e. The van der Waals surface area contributed by atoms with Crippen LogP contribution < -0.4 is 11.5 Å². The van der Waals surface area contributed by atoms with Crippen LogP contribution in [0.15, 0.2) is 0 Å². The van der Waals surface area contributed by atoms with Crippen molar-refractivity contribution in [1.29, 1.82) is 0 Å². The maximum atomic E-state index is 8.89. The molecule has 0 aromatic heterocycles. The van der Waals surface area contributed by atoms with E-state index in [9.17, 15) is 0 Å². The van der Waals surface area contributed by atoms with E-state index in [1.165, 1.54) is 0 Å². The zero-order chi connectivity index (χ0) is 9.07. The van der Waals surface area contributed by atoms with E-state index < -0.39 is 20.4 Å². The predicted octanol–water partition coefficient (Wildman–Crippen LogP) is -2.03. The molecule has 0 aliphatic heterocycles. The van der Waals surface area contributed by atoms with Crippen molar-refractivity contribution in [2.24, 2.45) is 11.5 Å². The second-order valence-corrected chi connectivity index (χ2v) is 4.72. The van der Waals surface area contributed by atoms with E-state index in [0.717, 1.165) is 0 Å². The van der Waals surface area contributed by atoms with Gasteiger partial charge in [0.2, 0.25) is 0 Å². The molecule has 0 rings (SSSR count). The third-order valence-electron chi connectivity index (χ3n) is 1.73. The molecule has 5 nitrogen and oxygen atoms in total. The van der Waals surface area contributed by atoms with Gasteiger partial charge in [-0.15, -0.1) is 0 Å². The van der Waals surface area contributed by atoms with Crippen LogP contribution in [0.2, 0.25) is 5.54 Å². The summed E-state index contributed by atoms with van der Waals surface area (Å²) < 4.78 is 0. The fourth-order valence-electron chi connectivity index (χ4n) is 1.03. The Hall–Kier alpha value is 0.0169. The fourth-order valence-corrected chi connectivity index (χ4v) is 2.29. The molecule has 0 amide bonds. The second-order valence-electron chi connectivity index (χ2n) is 2.60. The normalized spacial score (nSPS) is 18.0. The molecule has 0 aliphatic carbocycles. The molecule has 0 radical (unpaired) electrons. The Bertz CT molecular complexity index is 117. The number of rotatable bonds is 4. The summed E-state index contributed by atoms with van der Waals surface area (Å²) >= 11 is 0. The third kappa shape index (κ3) is 3.28. The Kier molecular flexibility index (Phi) is 4.15. The highest BCUT2D eigenvalue weighted by atomic mass is 28.4. The minimum Gasteiger partial charge on any atom is -0.390 e. The predicted molar refractivity (Wildman–Crippen MR) is 43.5 cm³/mol. The van der Waals surface area contributed by atoms with Crippen molar-refractivity contribution in [3.8, 4) is 0 Å². The highest BCUT2D eigenvalue weighted by Crippen LogP contribution is 2.20. The molecule has 11 heavy (non-hydrogen) atoms. The molecule has 6 heteroatoms. The molecule has 0 aromatic rings. The van der Waals surface area contributed by atoms with Crippen LogP contribution in [0.25, 0.3) is 0 Å². The lowest BCUT2D eigenvalue weighted by molar-refractivity contribution is 0.201. The van der Waals surface area contributed by atoms with E-state index >= 15 is 0 Å². The highest BCUT2D eigenvalue weighted by Gasteiger charge is 2.41. The quantitative estimate of drug-likeness (QED) is 0.320. The van der Waals surface area contributed by atoms with Gasteiger partial charge in [-0.3, -0.25) is 0 Å². The Labute approximate surface area is 67.0 Å². The van der Waals surface area contributed by atoms with Crippen LogP contribution in [-0.4, -0.2) is 35.8 Å². The van der Waals surface area contributed by atoms with Crippen LogP contribution in [0.5, 0.6) is 0 Å². The fraction of sp³-hybridized carbons (Fsp3) is 1.00. The average Bonchev–Trinajstić information content (AvgIpc) is 1.86. The standard InChI is InChI=1S/C5H16N2O3Si/c1-2-5(4(7)3-6)11(8,9)10/h4-5,8-10H,2-3,6-7H2,1H3. The van der Waals surface area contributed by atoms with Gasteiger partial charge in [0.1, 0.15) is 0 Å². The third-order valence-corrected chi connectivity index (χ3v) is 3.56. The average molecular weight is 180 g/mol. The molecule has 2 atom stereocenters. The minimum atomic E-state index is -4.08. The zero-order valence-electron chi connectivity index (χ0n) is 6.57. The first kappa shape index (κ1) is 11.0. The van der Waals surface area contributed by atoms with Crippen LogP contribution >= 0.6 is 0 Å². The first-order valence-electron chi connectivity index (χ1n) is 3.56. The Morgan fingerprint density at radius 1 is 1.36 bits per heavy atom.